The fourth-order valence-electron chi connectivity index (χ4n) is 1.26. The molecule has 0 aromatic heterocycles. The van der Waals surface area contributed by atoms with Gasteiger partial charge in [0.2, 0.25) is 5.91 Å². The molecule has 6 heteroatoms. The summed E-state index contributed by atoms with van der Waals surface area (Å²) < 4.78 is 6.17. The highest BCUT2D eigenvalue weighted by atomic mass is 79.9. The number of carbonyl (C=O) groups excluding carboxylic acids is 2. The van der Waals surface area contributed by atoms with Crippen molar-refractivity contribution in [3.8, 4) is 5.75 Å². The van der Waals surface area contributed by atoms with E-state index >= 15 is 0 Å². The summed E-state index contributed by atoms with van der Waals surface area (Å²) in [5.41, 5.74) is 0. The van der Waals surface area contributed by atoms with Crippen molar-refractivity contribution < 1.29 is 14.3 Å². The lowest BCUT2D eigenvalue weighted by atomic mass is 10.3. The van der Waals surface area contributed by atoms with Gasteiger partial charge in [-0.15, -0.1) is 0 Å². The van der Waals surface area contributed by atoms with E-state index in [2.05, 4.69) is 26.6 Å². The van der Waals surface area contributed by atoms with Gasteiger partial charge in [-0.3, -0.25) is 9.59 Å². The average Bonchev–Trinajstić information content (AvgIpc) is 2.40. The van der Waals surface area contributed by atoms with Gasteiger partial charge in [0.15, 0.2) is 6.61 Å². The zero-order valence-corrected chi connectivity index (χ0v) is 12.3. The molecule has 0 saturated carbocycles. The second-order valence-corrected chi connectivity index (χ2v) is 4.79. The molecule has 19 heavy (non-hydrogen) atoms. The van der Waals surface area contributed by atoms with E-state index < -0.39 is 0 Å². The zero-order valence-electron chi connectivity index (χ0n) is 10.7. The average molecular weight is 329 g/mol. The minimum atomic E-state index is -0.327. The van der Waals surface area contributed by atoms with Crippen LogP contribution in [-0.4, -0.2) is 31.5 Å². The molecule has 0 aliphatic carbocycles. The van der Waals surface area contributed by atoms with Crippen LogP contribution in [0, 0.1) is 0 Å². The lowest BCUT2D eigenvalue weighted by molar-refractivity contribution is -0.127. The van der Waals surface area contributed by atoms with E-state index in [1.54, 1.807) is 12.1 Å². The number of hydrogen-bond donors (Lipinski definition) is 2. The Labute approximate surface area is 120 Å². The summed E-state index contributed by atoms with van der Waals surface area (Å²) >= 11 is 3.31. The first-order chi connectivity index (χ1) is 9.11. The van der Waals surface area contributed by atoms with Gasteiger partial charge in [0, 0.05) is 11.0 Å². The number of rotatable bonds is 7. The smallest absolute Gasteiger partial charge is 0.258 e. The second kappa shape index (κ2) is 8.53. The number of ether oxygens (including phenoxy) is 1. The molecule has 1 rings (SSSR count). The van der Waals surface area contributed by atoms with E-state index in [0.29, 0.717) is 12.3 Å². The van der Waals surface area contributed by atoms with E-state index in [1.807, 2.05) is 19.1 Å². The maximum absolute atomic E-state index is 11.5. The second-order valence-electron chi connectivity index (χ2n) is 3.87. The summed E-state index contributed by atoms with van der Waals surface area (Å²) in [6, 6.07) is 7.20. The molecule has 0 heterocycles. The highest BCUT2D eigenvalue weighted by molar-refractivity contribution is 9.10. The highest BCUT2D eigenvalue weighted by Crippen LogP contribution is 2.17. The van der Waals surface area contributed by atoms with Gasteiger partial charge >= 0.3 is 0 Å². The van der Waals surface area contributed by atoms with Crippen LogP contribution < -0.4 is 15.4 Å². The summed E-state index contributed by atoms with van der Waals surface area (Å²) in [4.78, 5) is 22.7. The number of benzene rings is 1. The summed E-state index contributed by atoms with van der Waals surface area (Å²) in [6.45, 7) is 2.44. The maximum atomic E-state index is 11.5. The van der Waals surface area contributed by atoms with E-state index in [4.69, 9.17) is 4.74 Å². The fourth-order valence-corrected chi connectivity index (χ4v) is 1.64. The third kappa shape index (κ3) is 6.81. The number of halogens is 1. The van der Waals surface area contributed by atoms with Crippen molar-refractivity contribution in [1.82, 2.24) is 10.6 Å². The Morgan fingerprint density at radius 3 is 2.74 bits per heavy atom. The molecule has 2 N–H and O–H groups in total. The molecule has 0 unspecified atom stereocenters. The van der Waals surface area contributed by atoms with Crippen LogP contribution >= 0.6 is 15.9 Å². The van der Waals surface area contributed by atoms with Crippen molar-refractivity contribution >= 4 is 27.7 Å². The molecule has 0 atom stereocenters. The van der Waals surface area contributed by atoms with Crippen LogP contribution in [0.5, 0.6) is 5.75 Å². The van der Waals surface area contributed by atoms with Crippen LogP contribution in [-0.2, 0) is 9.59 Å². The Bertz CT molecular complexity index is 438. The SMILES string of the molecule is CCCNC(=O)CNC(=O)COc1cccc(Br)c1. The van der Waals surface area contributed by atoms with Gasteiger partial charge in [0.05, 0.1) is 6.54 Å². The van der Waals surface area contributed by atoms with Crippen molar-refractivity contribution in [1.29, 1.82) is 0 Å². The van der Waals surface area contributed by atoms with Crippen LogP contribution in [0.3, 0.4) is 0 Å². The molecule has 0 aliphatic heterocycles. The molecule has 0 radical (unpaired) electrons. The van der Waals surface area contributed by atoms with Crippen LogP contribution in [0.1, 0.15) is 13.3 Å². The van der Waals surface area contributed by atoms with E-state index in [9.17, 15) is 9.59 Å². The van der Waals surface area contributed by atoms with Gasteiger partial charge in [0.25, 0.3) is 5.91 Å². The molecule has 0 bridgehead atoms. The van der Waals surface area contributed by atoms with Crippen LogP contribution in [0.4, 0.5) is 0 Å². The largest absolute Gasteiger partial charge is 0.484 e. The minimum Gasteiger partial charge on any atom is -0.484 e. The highest BCUT2D eigenvalue weighted by Gasteiger charge is 2.05. The number of hydrogen-bond acceptors (Lipinski definition) is 3. The summed E-state index contributed by atoms with van der Waals surface area (Å²) in [5, 5.41) is 5.16. The molecule has 5 nitrogen and oxygen atoms in total. The van der Waals surface area contributed by atoms with Crippen molar-refractivity contribution in [3.63, 3.8) is 0 Å². The Hall–Kier alpha value is -1.56. The Morgan fingerprint density at radius 1 is 1.26 bits per heavy atom. The number of nitrogens with one attached hydrogen (secondary N) is 2. The van der Waals surface area contributed by atoms with Gasteiger partial charge < -0.3 is 15.4 Å². The van der Waals surface area contributed by atoms with Crippen LogP contribution in [0.2, 0.25) is 0 Å². The van der Waals surface area contributed by atoms with Gasteiger partial charge in [-0.2, -0.15) is 0 Å². The molecule has 0 spiro atoms. The van der Waals surface area contributed by atoms with Gasteiger partial charge in [-0.1, -0.05) is 28.9 Å². The van der Waals surface area contributed by atoms with Gasteiger partial charge in [-0.05, 0) is 24.6 Å². The number of amides is 2. The van der Waals surface area contributed by atoms with Crippen LogP contribution in [0.25, 0.3) is 0 Å². The topological polar surface area (TPSA) is 67.4 Å². The standard InChI is InChI=1S/C13H17BrN2O3/c1-2-6-15-12(17)8-16-13(18)9-19-11-5-3-4-10(14)7-11/h3-5,7H,2,6,8-9H2,1H3,(H,15,17)(H,16,18). The molecule has 0 aliphatic rings. The fraction of sp³-hybridized carbons (Fsp3) is 0.385. The first kappa shape index (κ1) is 15.5. The summed E-state index contributed by atoms with van der Waals surface area (Å²) in [7, 11) is 0. The predicted octanol–water partition coefficient (Wildman–Crippen LogP) is 1.47. The first-order valence-electron chi connectivity index (χ1n) is 6.03. The van der Waals surface area contributed by atoms with Gasteiger partial charge in [-0.25, -0.2) is 0 Å². The third-order valence-corrected chi connectivity index (χ3v) is 2.68. The van der Waals surface area contributed by atoms with Crippen molar-refractivity contribution in [2.75, 3.05) is 19.7 Å². The van der Waals surface area contributed by atoms with Crippen LogP contribution in [0.15, 0.2) is 28.7 Å². The quantitative estimate of drug-likeness (QED) is 0.796. The molecule has 1 aromatic rings. The molecular weight excluding hydrogens is 312 g/mol. The molecule has 104 valence electrons. The lowest BCUT2D eigenvalue weighted by Gasteiger charge is -2.08. The molecular formula is C13H17BrN2O3. The molecule has 2 amide bonds. The zero-order chi connectivity index (χ0) is 14.1. The van der Waals surface area contributed by atoms with Crippen molar-refractivity contribution in [2.24, 2.45) is 0 Å². The summed E-state index contributed by atoms with van der Waals surface area (Å²) in [5.74, 6) is 0.0734. The molecule has 1 aromatic carbocycles. The molecule has 0 saturated heterocycles. The monoisotopic (exact) mass is 328 g/mol. The first-order valence-corrected chi connectivity index (χ1v) is 6.83. The van der Waals surface area contributed by atoms with E-state index in [1.165, 1.54) is 0 Å². The third-order valence-electron chi connectivity index (χ3n) is 2.18. The van der Waals surface area contributed by atoms with E-state index in [0.717, 1.165) is 10.9 Å². The number of carbonyl (C=O) groups is 2. The minimum absolute atomic E-state index is 0.0271. The normalized spacial score (nSPS) is 9.79. The maximum Gasteiger partial charge on any atom is 0.258 e. The Morgan fingerprint density at radius 2 is 2.05 bits per heavy atom. The van der Waals surface area contributed by atoms with E-state index in [-0.39, 0.29) is 25.0 Å². The van der Waals surface area contributed by atoms with Crippen molar-refractivity contribution in [2.45, 2.75) is 13.3 Å². The van der Waals surface area contributed by atoms with Gasteiger partial charge in [0.1, 0.15) is 5.75 Å². The Kier molecular flexibility index (Phi) is 6.95. The van der Waals surface area contributed by atoms with Crippen molar-refractivity contribution in [3.05, 3.63) is 28.7 Å². The lowest BCUT2D eigenvalue weighted by Crippen LogP contribution is -2.39. The predicted molar refractivity (Wildman–Crippen MR) is 75.9 cm³/mol. The summed E-state index contributed by atoms with van der Waals surface area (Å²) in [6.07, 6.45) is 0.867. The Balaban J connectivity index is 2.23. The molecule has 0 fully saturated rings.